The van der Waals surface area contributed by atoms with Crippen LogP contribution in [0.4, 0.5) is 0 Å². The first kappa shape index (κ1) is 25.9. The second kappa shape index (κ2) is 11.8. The molecular weight excluding hydrogens is 605 g/mol. The second-order valence-corrected chi connectivity index (χ2v) is 10.2. The maximum absolute atomic E-state index is 5.81. The third-order valence-corrected chi connectivity index (χ3v) is 7.29. The normalized spacial score (nSPS) is 11.0. The van der Waals surface area contributed by atoms with Crippen molar-refractivity contribution < 1.29 is 0 Å². The molecule has 0 fully saturated rings. The van der Waals surface area contributed by atoms with Crippen molar-refractivity contribution in [2.24, 2.45) is 0 Å². The first-order valence-electron chi connectivity index (χ1n) is 12.1. The Morgan fingerprint density at radius 2 is 1.34 bits per heavy atom. The molecule has 3 aromatic carbocycles. The van der Waals surface area contributed by atoms with Gasteiger partial charge in [0.15, 0.2) is 0 Å². The van der Waals surface area contributed by atoms with Gasteiger partial charge in [0, 0.05) is 18.0 Å². The van der Waals surface area contributed by atoms with Gasteiger partial charge in [0.2, 0.25) is 0 Å². The molecule has 0 atom stereocenters. The summed E-state index contributed by atoms with van der Waals surface area (Å²) in [5.41, 5.74) is 6.09. The Hall–Kier alpha value is -3.75. The number of hydrogen-bond acceptors (Lipinski definition) is 3. The number of imidazole rings is 2. The van der Waals surface area contributed by atoms with E-state index in [4.69, 9.17) is 11.6 Å². The lowest BCUT2D eigenvalue weighted by Crippen LogP contribution is -2.36. The molecule has 7 heteroatoms. The minimum absolute atomic E-state index is 0.458. The minimum atomic E-state index is -0.458. The molecule has 1 N–H and O–H groups in total. The molecule has 0 unspecified atom stereocenters. The van der Waals surface area contributed by atoms with Gasteiger partial charge in [-0.25, -0.2) is 15.0 Å². The summed E-state index contributed by atoms with van der Waals surface area (Å²) in [4.78, 5) is 15.5. The fourth-order valence-electron chi connectivity index (χ4n) is 4.59. The molecule has 0 spiro atoms. The summed E-state index contributed by atoms with van der Waals surface area (Å²) >= 11 is 8.07. The highest BCUT2D eigenvalue weighted by Crippen LogP contribution is 2.40. The van der Waals surface area contributed by atoms with E-state index in [1.807, 2.05) is 19.3 Å². The second-order valence-electron chi connectivity index (χ2n) is 8.71. The molecule has 6 aromatic rings. The number of rotatable bonds is 5. The Balaban J connectivity index is 0.000000190. The van der Waals surface area contributed by atoms with Crippen molar-refractivity contribution in [1.82, 2.24) is 24.5 Å². The molecule has 0 saturated carbocycles. The van der Waals surface area contributed by atoms with Crippen molar-refractivity contribution in [2.75, 3.05) is 0 Å². The Morgan fingerprint density at radius 1 is 0.789 bits per heavy atom. The highest BCUT2D eigenvalue weighted by Gasteiger charge is 2.38. The number of aryl methyl sites for hydroxylation is 1. The molecule has 38 heavy (non-hydrogen) atoms. The van der Waals surface area contributed by atoms with Crippen LogP contribution in [0.15, 0.2) is 128 Å². The summed E-state index contributed by atoms with van der Waals surface area (Å²) in [5.74, 6) is 0. The number of nitrogens with one attached hydrogen (secondary N) is 1. The van der Waals surface area contributed by atoms with Gasteiger partial charge in [-0.3, -0.25) is 0 Å². The van der Waals surface area contributed by atoms with Gasteiger partial charge in [0.25, 0.3) is 0 Å². The van der Waals surface area contributed by atoms with Crippen molar-refractivity contribution in [3.05, 3.63) is 159 Å². The fraction of sp³-hybridized carbons (Fsp3) is 0.0645. The number of nitrogens with zero attached hydrogens (tertiary/aromatic N) is 4. The maximum Gasteiger partial charge on any atom is 0.131 e. The lowest BCUT2D eigenvalue weighted by atomic mass is 9.77. The molecule has 188 valence electrons. The molecule has 0 aliphatic carbocycles. The van der Waals surface area contributed by atoms with Gasteiger partial charge in [-0.05, 0) is 57.8 Å². The Bertz CT molecular complexity index is 1490. The number of halogens is 2. The first-order valence-corrected chi connectivity index (χ1v) is 13.5. The van der Waals surface area contributed by atoms with Gasteiger partial charge in [-0.2, -0.15) is 0 Å². The molecule has 0 amide bonds. The van der Waals surface area contributed by atoms with Crippen LogP contribution in [0.25, 0.3) is 11.3 Å². The minimum Gasteiger partial charge on any atom is -0.345 e. The summed E-state index contributed by atoms with van der Waals surface area (Å²) in [7, 11) is 0. The van der Waals surface area contributed by atoms with Gasteiger partial charge in [-0.1, -0.05) is 103 Å². The molecule has 0 radical (unpaired) electrons. The van der Waals surface area contributed by atoms with E-state index in [0.717, 1.165) is 20.5 Å². The van der Waals surface area contributed by atoms with E-state index in [1.54, 1.807) is 18.7 Å². The molecule has 0 aliphatic heterocycles. The highest BCUT2D eigenvalue weighted by molar-refractivity contribution is 14.1. The number of benzene rings is 3. The van der Waals surface area contributed by atoms with E-state index < -0.39 is 5.54 Å². The summed E-state index contributed by atoms with van der Waals surface area (Å²) < 4.78 is 3.19. The van der Waals surface area contributed by atoms with Gasteiger partial charge in [0.1, 0.15) is 14.4 Å². The SMILES string of the molecule is Cc1cc(-c2cnc[nH]2)cnc1Cl.Ic1cn(C(c2ccccc2)(c2ccccc2)c2ccccc2)cn1. The molecule has 5 nitrogen and oxygen atoms in total. The van der Waals surface area contributed by atoms with Gasteiger partial charge in [-0.15, -0.1) is 0 Å². The van der Waals surface area contributed by atoms with Crippen LogP contribution in [0.5, 0.6) is 0 Å². The summed E-state index contributed by atoms with van der Waals surface area (Å²) in [6.07, 6.45) is 9.15. The number of aromatic amines is 1. The Kier molecular flexibility index (Phi) is 8.00. The van der Waals surface area contributed by atoms with Gasteiger partial charge < -0.3 is 9.55 Å². The average molecular weight is 630 g/mol. The molecule has 6 rings (SSSR count). The third kappa shape index (κ3) is 5.28. The average Bonchev–Trinajstić information content (AvgIpc) is 3.66. The monoisotopic (exact) mass is 629 g/mol. The summed E-state index contributed by atoms with van der Waals surface area (Å²) in [5, 5.41) is 0.545. The van der Waals surface area contributed by atoms with Crippen LogP contribution < -0.4 is 0 Å². The molecule has 3 aromatic heterocycles. The Morgan fingerprint density at radius 3 is 1.76 bits per heavy atom. The first-order chi connectivity index (χ1) is 18.6. The van der Waals surface area contributed by atoms with Crippen molar-refractivity contribution >= 4 is 34.2 Å². The van der Waals surface area contributed by atoms with Crippen LogP contribution in [-0.4, -0.2) is 24.5 Å². The third-order valence-electron chi connectivity index (χ3n) is 6.34. The van der Waals surface area contributed by atoms with Crippen LogP contribution in [0.1, 0.15) is 22.3 Å². The van der Waals surface area contributed by atoms with E-state index >= 15 is 0 Å². The van der Waals surface area contributed by atoms with E-state index in [9.17, 15) is 0 Å². The quantitative estimate of drug-likeness (QED) is 0.120. The summed E-state index contributed by atoms with van der Waals surface area (Å²) in [6, 6.07) is 33.8. The van der Waals surface area contributed by atoms with Crippen LogP contribution in [-0.2, 0) is 5.54 Å². The molecule has 3 heterocycles. The van der Waals surface area contributed by atoms with Crippen LogP contribution >= 0.6 is 34.2 Å². The van der Waals surface area contributed by atoms with Crippen LogP contribution in [0.2, 0.25) is 5.15 Å². The van der Waals surface area contributed by atoms with Crippen molar-refractivity contribution in [1.29, 1.82) is 0 Å². The zero-order valence-corrected chi connectivity index (χ0v) is 23.6. The zero-order chi connectivity index (χ0) is 26.4. The van der Waals surface area contributed by atoms with E-state index in [0.29, 0.717) is 5.15 Å². The van der Waals surface area contributed by atoms with Crippen LogP contribution in [0.3, 0.4) is 0 Å². The van der Waals surface area contributed by atoms with E-state index in [2.05, 4.69) is 144 Å². The lowest BCUT2D eigenvalue weighted by molar-refractivity contribution is 0.514. The van der Waals surface area contributed by atoms with E-state index in [-0.39, 0.29) is 0 Å². The largest absolute Gasteiger partial charge is 0.345 e. The van der Waals surface area contributed by atoms with Crippen LogP contribution in [0, 0.1) is 10.6 Å². The smallest absolute Gasteiger partial charge is 0.131 e. The Labute approximate surface area is 240 Å². The summed E-state index contributed by atoms with van der Waals surface area (Å²) in [6.45, 7) is 1.93. The molecule has 0 bridgehead atoms. The topological polar surface area (TPSA) is 59.4 Å². The molecular formula is C31H25ClIN5. The number of pyridine rings is 1. The lowest BCUT2D eigenvalue weighted by Gasteiger charge is -2.37. The predicted molar refractivity (Wildman–Crippen MR) is 161 cm³/mol. The number of H-pyrrole nitrogens is 1. The molecule has 0 aliphatic rings. The molecule has 0 saturated heterocycles. The van der Waals surface area contributed by atoms with Gasteiger partial charge >= 0.3 is 0 Å². The van der Waals surface area contributed by atoms with Crippen molar-refractivity contribution in [3.8, 4) is 11.3 Å². The van der Waals surface area contributed by atoms with Gasteiger partial charge in [0.05, 0.1) is 24.5 Å². The van der Waals surface area contributed by atoms with E-state index in [1.165, 1.54) is 16.7 Å². The number of aromatic nitrogens is 5. The maximum atomic E-state index is 5.81. The van der Waals surface area contributed by atoms with Crippen molar-refractivity contribution in [2.45, 2.75) is 12.5 Å². The zero-order valence-electron chi connectivity index (χ0n) is 20.7. The standard InChI is InChI=1S/C22H17IN2.C9H8ClN3/c23-21-16-25(17-24-21)22(18-10-4-1-5-11-18,19-12-6-2-7-13-19)20-14-8-3-9-15-20;1-6-2-7(3-12-9(6)10)8-4-11-5-13-8/h1-17H;2-5H,1H3,(H,11,13). The van der Waals surface area contributed by atoms with Crippen molar-refractivity contribution in [3.63, 3.8) is 0 Å². The predicted octanol–water partition coefficient (Wildman–Crippen LogP) is 7.76. The highest BCUT2D eigenvalue weighted by atomic mass is 127. The number of hydrogen-bond donors (Lipinski definition) is 1. The fourth-order valence-corrected chi connectivity index (χ4v) is 5.11.